The summed E-state index contributed by atoms with van der Waals surface area (Å²) in [6, 6.07) is 0. The van der Waals surface area contributed by atoms with Crippen molar-refractivity contribution in [1.82, 2.24) is 44.5 Å². The number of fused-ring (bicyclic) bond motifs is 2. The summed E-state index contributed by atoms with van der Waals surface area (Å²) in [4.78, 5) is 43.4. The molecule has 7 heterocycles. The van der Waals surface area contributed by atoms with Gasteiger partial charge in [0.1, 0.15) is 36.6 Å². The molecule has 7 rings (SSSR count). The molecule has 4 aromatic rings. The van der Waals surface area contributed by atoms with Crippen LogP contribution in [0.3, 0.4) is 0 Å². The second-order valence-electron chi connectivity index (χ2n) is 14.3. The molecule has 384 valence electrons. The predicted octanol–water partition coefficient (Wildman–Crippen LogP) is -1.21. The molecule has 8 unspecified atom stereocenters. The molecule has 0 amide bonds. The normalized spacial score (nSPS) is 27.4. The van der Waals surface area contributed by atoms with Crippen LogP contribution < -0.4 is 36.0 Å². The smallest absolute Gasteiger partial charge is 0.387 e. The van der Waals surface area contributed by atoms with Crippen molar-refractivity contribution >= 4 is 96.2 Å². The van der Waals surface area contributed by atoms with Gasteiger partial charge < -0.3 is 48.6 Å². The third-order valence-corrected chi connectivity index (χ3v) is 19.6. The Morgan fingerprint density at radius 2 is 1.41 bits per heavy atom. The van der Waals surface area contributed by atoms with Crippen LogP contribution in [0.25, 0.3) is 11.2 Å². The average molecular weight is 1180 g/mol. The van der Waals surface area contributed by atoms with Crippen LogP contribution in [0.15, 0.2) is 22.1 Å². The van der Waals surface area contributed by atoms with Crippen molar-refractivity contribution < 1.29 is 88.1 Å². The van der Waals surface area contributed by atoms with Crippen molar-refractivity contribution in [3.05, 3.63) is 33.2 Å². The first-order valence-electron chi connectivity index (χ1n) is 19.5. The minimum Gasteiger partial charge on any atom is -0.387 e. The van der Waals surface area contributed by atoms with Crippen molar-refractivity contribution in [2.75, 3.05) is 81.9 Å². The number of nitrogens with two attached hydrogens (primary N) is 2. The second kappa shape index (κ2) is 21.3. The lowest BCUT2D eigenvalue weighted by atomic mass is 10.1. The number of halogens is 1. The number of aliphatic hydroxyl groups is 3. The second-order valence-corrected chi connectivity index (χ2v) is 24.5. The molecule has 12 atom stereocenters. The monoisotopic (exact) mass is 1180 g/mol. The van der Waals surface area contributed by atoms with E-state index in [1.54, 1.807) is 14.3 Å². The number of methoxy groups -OCH3 is 1. The maximum atomic E-state index is 13.9. The average Bonchev–Trinajstić information content (AvgIpc) is 4.10. The van der Waals surface area contributed by atoms with E-state index in [1.807, 2.05) is 0 Å². The van der Waals surface area contributed by atoms with Gasteiger partial charge in [-0.1, -0.05) is 5.21 Å². The van der Waals surface area contributed by atoms with Gasteiger partial charge in [0.05, 0.1) is 43.0 Å². The van der Waals surface area contributed by atoms with E-state index in [0.717, 1.165) is 50.2 Å². The van der Waals surface area contributed by atoms with Gasteiger partial charge in [0.15, 0.2) is 40.6 Å². The molecule has 0 radical (unpaired) electrons. The van der Waals surface area contributed by atoms with E-state index in [1.165, 1.54) is 12.0 Å². The molecule has 3 aliphatic rings. The first kappa shape index (κ1) is 53.3. The summed E-state index contributed by atoms with van der Waals surface area (Å²) < 4.78 is 124. The number of hydrogen-bond donors (Lipinski definition) is 7. The molecule has 0 aromatic carbocycles. The van der Waals surface area contributed by atoms with Crippen LogP contribution in [-0.4, -0.2) is 169 Å². The fourth-order valence-corrected chi connectivity index (χ4v) is 14.6. The summed E-state index contributed by atoms with van der Waals surface area (Å²) in [5, 5.41) is 40.2. The zero-order valence-electron chi connectivity index (χ0n) is 36.7. The number of H-pyrrole nitrogens is 2. The number of rotatable bonds is 22. The highest BCUT2D eigenvalue weighted by Crippen LogP contribution is 2.66. The van der Waals surface area contributed by atoms with Gasteiger partial charge in [0, 0.05) is 63.6 Å². The Kier molecular flexibility index (Phi) is 16.4. The zero-order chi connectivity index (χ0) is 50.2. The third-order valence-electron chi connectivity index (χ3n) is 10.2. The Hall–Kier alpha value is -3.51. The maximum absolute atomic E-state index is 13.9. The van der Waals surface area contributed by atoms with Crippen LogP contribution in [0.5, 0.6) is 0 Å². The van der Waals surface area contributed by atoms with Gasteiger partial charge in [-0.25, -0.2) is 27.7 Å². The van der Waals surface area contributed by atoms with Crippen LogP contribution in [0.1, 0.15) is 6.23 Å². The van der Waals surface area contributed by atoms with E-state index in [0.29, 0.717) is 0 Å². The molecule has 4 aromatic heterocycles. The van der Waals surface area contributed by atoms with Crippen molar-refractivity contribution in [2.45, 2.75) is 55.6 Å². The molecule has 0 bridgehead atoms. The number of hydrogen-bond acceptors (Lipinski definition) is 30. The van der Waals surface area contributed by atoms with Crippen LogP contribution >= 0.6 is 52.1 Å². The van der Waals surface area contributed by atoms with E-state index in [2.05, 4.69) is 35.2 Å². The van der Waals surface area contributed by atoms with E-state index in [-0.39, 0.29) is 41.1 Å². The number of aliphatic hydroxyl groups excluding tert-OH is 3. The number of nitrogens with zero attached hydrogens (tertiary/aromatic N) is 9. The standard InChI is InChI=1S/C30H46IN13O21P4/c1-41-18-24(36-30(33)38-26(18)49)43(12-31-41)28-22(54-2)20(46)15(63-28)11-60-68(52,57-5)64-66(50,55-3)16-9-42(40-39-16)7-8-59-67(51,56-4)65-69(53,58-6)61-10-14-19(45)21(47)27(62-14)44-13-34-17-23(44)35-29(32)37-25(17)48/h9,12-15,19-22,27-28,45-47H,7-8,10-11H2,1-6H3,(H3,32,35,37,48)(H3,33,36,38,49)/t14-,15-,19?,20?,21?,22?,27-,28-,66?,67?,68?,69?/m1/s1. The van der Waals surface area contributed by atoms with E-state index >= 15 is 0 Å². The summed E-state index contributed by atoms with van der Waals surface area (Å²) in [5.74, 6) is -0.285. The van der Waals surface area contributed by atoms with Gasteiger partial charge >= 0.3 is 31.1 Å². The van der Waals surface area contributed by atoms with Crippen molar-refractivity contribution in [1.29, 1.82) is 0 Å². The lowest BCUT2D eigenvalue weighted by Crippen LogP contribution is -2.47. The summed E-state index contributed by atoms with van der Waals surface area (Å²) in [6.45, 7) is -2.39. The lowest BCUT2D eigenvalue weighted by Gasteiger charge is -2.34. The largest absolute Gasteiger partial charge is 0.483 e. The highest BCUT2D eigenvalue weighted by atomic mass is 127. The fourth-order valence-electron chi connectivity index (χ4n) is 6.72. The number of nitrogen functional groups attached to an aromatic ring is 2. The summed E-state index contributed by atoms with van der Waals surface area (Å²) in [7, 11) is -12.5. The first-order chi connectivity index (χ1) is 32.6. The minimum atomic E-state index is -4.86. The van der Waals surface area contributed by atoms with Gasteiger partial charge in [0.2, 0.25) is 11.9 Å². The van der Waals surface area contributed by atoms with E-state index in [4.69, 9.17) is 66.0 Å². The Morgan fingerprint density at radius 3 is 2.06 bits per heavy atom. The summed E-state index contributed by atoms with van der Waals surface area (Å²) in [5.41, 5.74) is 9.78. The van der Waals surface area contributed by atoms with Gasteiger partial charge in [-0.15, -0.1) is 5.10 Å². The SMILES string of the molecule is COC1C(O)[C@@H](COP(=O)(OC)OP(=O)(OC)c2cn(CCOP(=O)(OC)OP(=O)(OC)OC[C@H]3O[C@@H](n4cnc5c(=O)[nH]c(N)nc54)C(O)C3O)nn2)O[C@H]1N1C=IN(C)c2c1nc(N)[nH]c2=O. The first-order valence-corrected chi connectivity index (χ1v) is 27.7. The molecule has 2 saturated heterocycles. The quantitative estimate of drug-likeness (QED) is 0.0276. The Bertz CT molecular complexity index is 2850. The predicted molar refractivity (Wildman–Crippen MR) is 242 cm³/mol. The Morgan fingerprint density at radius 1 is 0.797 bits per heavy atom. The highest BCUT2D eigenvalue weighted by Gasteiger charge is 2.51. The molecule has 0 aliphatic carbocycles. The molecule has 39 heteroatoms. The molecule has 2 fully saturated rings. The Balaban J connectivity index is 0.935. The van der Waals surface area contributed by atoms with Gasteiger partial charge in [-0.05, 0) is 0 Å². The molecule has 69 heavy (non-hydrogen) atoms. The number of phosphoric ester groups is 3. The van der Waals surface area contributed by atoms with Crippen LogP contribution in [0.2, 0.25) is 0 Å². The number of anilines is 4. The molecule has 0 saturated carbocycles. The maximum Gasteiger partial charge on any atom is 0.483 e. The van der Waals surface area contributed by atoms with E-state index < -0.39 is 138 Å². The van der Waals surface area contributed by atoms with E-state index in [9.17, 15) is 43.2 Å². The molecule has 34 nitrogen and oxygen atoms in total. The zero-order valence-corrected chi connectivity index (χ0v) is 42.5. The topological polar surface area (TPSA) is 438 Å². The summed E-state index contributed by atoms with van der Waals surface area (Å²) in [6.07, 6.45) is -8.79. The highest BCUT2D eigenvalue weighted by molar-refractivity contribution is 14.2. The number of ether oxygens (including phenoxy) is 3. The summed E-state index contributed by atoms with van der Waals surface area (Å²) >= 11 is -0.912. The fraction of sp³-hybridized carbons (Fsp3) is 0.600. The third kappa shape index (κ3) is 11.1. The number of phosphoric acid groups is 3. The molecule has 9 N–H and O–H groups in total. The number of aromatic amines is 2. The molecular weight excluding hydrogens is 1130 g/mol. The van der Waals surface area contributed by atoms with Crippen LogP contribution in [0.4, 0.5) is 23.4 Å². The van der Waals surface area contributed by atoms with Gasteiger partial charge in [-0.3, -0.25) is 60.7 Å². The van der Waals surface area contributed by atoms with Crippen molar-refractivity contribution in [3.63, 3.8) is 0 Å². The minimum absolute atomic E-state index is 0.0753. The van der Waals surface area contributed by atoms with Gasteiger partial charge in [-0.2, -0.15) is 14.3 Å². The van der Waals surface area contributed by atoms with Crippen molar-refractivity contribution in [3.8, 4) is 0 Å². The van der Waals surface area contributed by atoms with Crippen LogP contribution in [0, 0.1) is 0 Å². The number of nitrogens with one attached hydrogen (secondary N) is 2. The number of imidazole rings is 1. The molecule has 3 aliphatic heterocycles. The van der Waals surface area contributed by atoms with Gasteiger partial charge in [0.25, 0.3) is 11.1 Å². The number of aromatic nitrogens is 9. The molecular formula is C30H46IN13O21P4. The Labute approximate surface area is 398 Å². The van der Waals surface area contributed by atoms with Crippen molar-refractivity contribution in [2.24, 2.45) is 0 Å². The van der Waals surface area contributed by atoms with Crippen LogP contribution in [-0.2, 0) is 79.3 Å². The molecule has 0 spiro atoms. The lowest BCUT2D eigenvalue weighted by molar-refractivity contribution is -0.0509.